The highest BCUT2D eigenvalue weighted by molar-refractivity contribution is 7.91. The van der Waals surface area contributed by atoms with E-state index in [1.165, 1.54) is 24.3 Å². The number of rotatable bonds is 3. The maximum atomic E-state index is 11.6. The molecule has 0 saturated carbocycles. The normalized spacial score (nSPS) is 12.0. The van der Waals surface area contributed by atoms with Crippen molar-refractivity contribution in [1.29, 1.82) is 0 Å². The van der Waals surface area contributed by atoms with Gasteiger partial charge in [0.05, 0.1) is 10.6 Å². The zero-order chi connectivity index (χ0) is 14.7. The molecule has 0 radical (unpaired) electrons. The van der Waals surface area contributed by atoms with Gasteiger partial charge in [0, 0.05) is 5.69 Å². The minimum absolute atomic E-state index is 0.0475. The Labute approximate surface area is 113 Å². The van der Waals surface area contributed by atoms with Gasteiger partial charge in [0.2, 0.25) is 0 Å². The van der Waals surface area contributed by atoms with Crippen molar-refractivity contribution in [2.45, 2.75) is 38.2 Å². The lowest BCUT2D eigenvalue weighted by molar-refractivity contribution is 0.0636. The van der Waals surface area contributed by atoms with Crippen LogP contribution in [0.1, 0.15) is 27.7 Å². The quantitative estimate of drug-likeness (QED) is 0.926. The standard InChI is InChI=1S/C13H19NO4S/c1-5-19(16,17)11-8-6-10(7-9-11)14-12(15)18-13(2,3)4/h6-9H,5H2,1-4H3,(H,14,15). The van der Waals surface area contributed by atoms with E-state index in [-0.39, 0.29) is 10.6 Å². The fraction of sp³-hybridized carbons (Fsp3) is 0.462. The third kappa shape index (κ3) is 4.90. The van der Waals surface area contributed by atoms with E-state index in [0.717, 1.165) is 0 Å². The molecule has 0 unspecified atom stereocenters. The molecule has 0 heterocycles. The number of nitrogens with one attached hydrogen (secondary N) is 1. The molecule has 0 fully saturated rings. The molecule has 0 bridgehead atoms. The lowest BCUT2D eigenvalue weighted by Gasteiger charge is -2.19. The van der Waals surface area contributed by atoms with Crippen molar-refractivity contribution in [2.75, 3.05) is 11.1 Å². The van der Waals surface area contributed by atoms with Crippen LogP contribution in [-0.4, -0.2) is 25.9 Å². The van der Waals surface area contributed by atoms with Gasteiger partial charge in [0.1, 0.15) is 5.60 Å². The first-order valence-corrected chi connectivity index (χ1v) is 7.62. The number of hydrogen-bond donors (Lipinski definition) is 1. The van der Waals surface area contributed by atoms with Crippen LogP contribution in [0.5, 0.6) is 0 Å². The van der Waals surface area contributed by atoms with Crippen molar-refractivity contribution >= 4 is 21.6 Å². The molecule has 5 nitrogen and oxygen atoms in total. The van der Waals surface area contributed by atoms with Gasteiger partial charge in [-0.15, -0.1) is 0 Å². The van der Waals surface area contributed by atoms with Crippen LogP contribution in [0.4, 0.5) is 10.5 Å². The molecule has 0 aliphatic heterocycles. The first-order valence-electron chi connectivity index (χ1n) is 5.97. The fourth-order valence-corrected chi connectivity index (χ4v) is 2.22. The molecule has 0 saturated heterocycles. The van der Waals surface area contributed by atoms with E-state index in [0.29, 0.717) is 5.69 Å². The van der Waals surface area contributed by atoms with E-state index < -0.39 is 21.5 Å². The number of amides is 1. The van der Waals surface area contributed by atoms with E-state index in [2.05, 4.69) is 5.32 Å². The Balaban J connectivity index is 2.76. The maximum Gasteiger partial charge on any atom is 0.412 e. The molecule has 6 heteroatoms. The summed E-state index contributed by atoms with van der Waals surface area (Å²) in [6, 6.07) is 6.00. The van der Waals surface area contributed by atoms with Crippen LogP contribution < -0.4 is 5.32 Å². The van der Waals surface area contributed by atoms with E-state index >= 15 is 0 Å². The summed E-state index contributed by atoms with van der Waals surface area (Å²) in [7, 11) is -3.22. The molecule has 106 valence electrons. The number of carbonyl (C=O) groups is 1. The van der Waals surface area contributed by atoms with Crippen molar-refractivity contribution in [2.24, 2.45) is 0 Å². The fourth-order valence-electron chi connectivity index (χ4n) is 1.33. The van der Waals surface area contributed by atoms with Crippen LogP contribution >= 0.6 is 0 Å². The molecular weight excluding hydrogens is 266 g/mol. The van der Waals surface area contributed by atoms with Gasteiger partial charge in [-0.05, 0) is 45.0 Å². The van der Waals surface area contributed by atoms with Crippen molar-refractivity contribution in [1.82, 2.24) is 0 Å². The van der Waals surface area contributed by atoms with Crippen LogP contribution in [-0.2, 0) is 14.6 Å². The number of carbonyl (C=O) groups excluding carboxylic acids is 1. The Morgan fingerprint density at radius 3 is 2.16 bits per heavy atom. The zero-order valence-corrected chi connectivity index (χ0v) is 12.4. The minimum Gasteiger partial charge on any atom is -0.444 e. The summed E-state index contributed by atoms with van der Waals surface area (Å²) < 4.78 is 28.3. The van der Waals surface area contributed by atoms with Gasteiger partial charge in [-0.2, -0.15) is 0 Å². The molecule has 1 amide bonds. The SMILES string of the molecule is CCS(=O)(=O)c1ccc(NC(=O)OC(C)(C)C)cc1. The first kappa shape index (κ1) is 15.5. The van der Waals surface area contributed by atoms with Crippen molar-refractivity contribution in [3.05, 3.63) is 24.3 Å². The number of benzene rings is 1. The summed E-state index contributed by atoms with van der Waals surface area (Å²) in [5, 5.41) is 2.54. The monoisotopic (exact) mass is 285 g/mol. The molecule has 0 atom stereocenters. The lowest BCUT2D eigenvalue weighted by atomic mass is 10.2. The third-order valence-corrected chi connectivity index (χ3v) is 3.99. The predicted molar refractivity (Wildman–Crippen MR) is 74.0 cm³/mol. The average molecular weight is 285 g/mol. The van der Waals surface area contributed by atoms with Crippen LogP contribution in [0.3, 0.4) is 0 Å². The van der Waals surface area contributed by atoms with Crippen LogP contribution in [0.15, 0.2) is 29.2 Å². The van der Waals surface area contributed by atoms with Crippen LogP contribution in [0.25, 0.3) is 0 Å². The van der Waals surface area contributed by atoms with E-state index in [9.17, 15) is 13.2 Å². The summed E-state index contributed by atoms with van der Waals surface area (Å²) in [5.41, 5.74) is -0.0837. The van der Waals surface area contributed by atoms with Gasteiger partial charge in [-0.3, -0.25) is 5.32 Å². The number of ether oxygens (including phenoxy) is 1. The van der Waals surface area contributed by atoms with Gasteiger partial charge in [-0.25, -0.2) is 13.2 Å². The highest BCUT2D eigenvalue weighted by atomic mass is 32.2. The summed E-state index contributed by atoms with van der Waals surface area (Å²) in [4.78, 5) is 11.8. The minimum atomic E-state index is -3.22. The Bertz CT molecular complexity index is 541. The van der Waals surface area contributed by atoms with Crippen molar-refractivity contribution in [3.8, 4) is 0 Å². The second-order valence-corrected chi connectivity index (χ2v) is 7.33. The topological polar surface area (TPSA) is 72.5 Å². The molecule has 1 aromatic rings. The maximum absolute atomic E-state index is 11.6. The molecule has 0 aliphatic rings. The summed E-state index contributed by atoms with van der Waals surface area (Å²) >= 11 is 0. The summed E-state index contributed by atoms with van der Waals surface area (Å²) in [5.74, 6) is 0.0475. The predicted octanol–water partition coefficient (Wildman–Crippen LogP) is 2.83. The average Bonchev–Trinajstić information content (AvgIpc) is 2.27. The summed E-state index contributed by atoms with van der Waals surface area (Å²) in [6.45, 7) is 6.89. The highest BCUT2D eigenvalue weighted by Gasteiger charge is 2.16. The summed E-state index contributed by atoms with van der Waals surface area (Å²) in [6.07, 6.45) is -0.571. The second kappa shape index (κ2) is 5.61. The molecule has 1 rings (SSSR count). The molecule has 0 aliphatic carbocycles. The highest BCUT2D eigenvalue weighted by Crippen LogP contribution is 2.16. The smallest absolute Gasteiger partial charge is 0.412 e. The molecular formula is C13H19NO4S. The third-order valence-electron chi connectivity index (χ3n) is 2.24. The van der Waals surface area contributed by atoms with Gasteiger partial charge >= 0.3 is 6.09 Å². The van der Waals surface area contributed by atoms with E-state index in [1.54, 1.807) is 27.7 Å². The Kier molecular flexibility index (Phi) is 4.57. The second-order valence-electron chi connectivity index (χ2n) is 5.05. The van der Waals surface area contributed by atoms with E-state index in [4.69, 9.17) is 4.74 Å². The largest absolute Gasteiger partial charge is 0.444 e. The van der Waals surface area contributed by atoms with Gasteiger partial charge in [-0.1, -0.05) is 6.92 Å². The van der Waals surface area contributed by atoms with E-state index in [1.807, 2.05) is 0 Å². The van der Waals surface area contributed by atoms with Crippen LogP contribution in [0, 0.1) is 0 Å². The Morgan fingerprint density at radius 1 is 1.21 bits per heavy atom. The van der Waals surface area contributed by atoms with Gasteiger partial charge in [0.25, 0.3) is 0 Å². The molecule has 19 heavy (non-hydrogen) atoms. The van der Waals surface area contributed by atoms with Crippen molar-refractivity contribution < 1.29 is 17.9 Å². The Morgan fingerprint density at radius 2 is 1.74 bits per heavy atom. The van der Waals surface area contributed by atoms with Gasteiger partial charge in [0.15, 0.2) is 9.84 Å². The molecule has 0 aromatic heterocycles. The molecule has 0 spiro atoms. The number of anilines is 1. The van der Waals surface area contributed by atoms with Crippen LogP contribution in [0.2, 0.25) is 0 Å². The zero-order valence-electron chi connectivity index (χ0n) is 11.6. The molecule has 1 aromatic carbocycles. The van der Waals surface area contributed by atoms with Crippen molar-refractivity contribution in [3.63, 3.8) is 0 Å². The lowest BCUT2D eigenvalue weighted by Crippen LogP contribution is -2.27. The van der Waals surface area contributed by atoms with Gasteiger partial charge < -0.3 is 4.74 Å². The number of sulfone groups is 1. The first-order chi connectivity index (χ1) is 8.64. The molecule has 1 N–H and O–H groups in total. The number of hydrogen-bond acceptors (Lipinski definition) is 4. The Hall–Kier alpha value is -1.56.